The van der Waals surface area contributed by atoms with E-state index in [1.54, 1.807) is 18.2 Å². The van der Waals surface area contributed by atoms with Crippen molar-refractivity contribution < 1.29 is 13.9 Å². The maximum atomic E-state index is 14.0. The first-order valence-corrected chi connectivity index (χ1v) is 8.93. The number of hydrogen-bond acceptors (Lipinski definition) is 3. The fourth-order valence-corrected chi connectivity index (χ4v) is 4.12. The minimum absolute atomic E-state index is 0.00110. The molecule has 2 aliphatic heterocycles. The molecule has 4 nitrogen and oxygen atoms in total. The summed E-state index contributed by atoms with van der Waals surface area (Å²) in [5.74, 6) is 0.140. The highest BCUT2D eigenvalue weighted by Crippen LogP contribution is 2.27. The Balaban J connectivity index is 1.59. The molecular weight excluding hydrogens is 319 g/mol. The van der Waals surface area contributed by atoms with Gasteiger partial charge in [0.1, 0.15) is 5.82 Å². The lowest BCUT2D eigenvalue weighted by Crippen LogP contribution is -2.47. The van der Waals surface area contributed by atoms with Crippen molar-refractivity contribution in [2.75, 3.05) is 39.4 Å². The maximum absolute atomic E-state index is 14.0. The van der Waals surface area contributed by atoms with Gasteiger partial charge in [-0.15, -0.1) is 0 Å². The summed E-state index contributed by atoms with van der Waals surface area (Å²) in [5.41, 5.74) is 0.590. The van der Waals surface area contributed by atoms with Gasteiger partial charge in [0, 0.05) is 43.2 Å². The highest BCUT2D eigenvalue weighted by Gasteiger charge is 2.37. The first-order chi connectivity index (χ1) is 12.1. The van der Waals surface area contributed by atoms with E-state index in [2.05, 4.69) is 11.8 Å². The van der Waals surface area contributed by atoms with Gasteiger partial charge in [-0.25, -0.2) is 4.39 Å². The molecule has 4 rings (SSSR count). The second-order valence-electron chi connectivity index (χ2n) is 7.04. The van der Waals surface area contributed by atoms with Gasteiger partial charge >= 0.3 is 0 Å². The summed E-state index contributed by atoms with van der Waals surface area (Å²) in [6.45, 7) is 7.06. The molecule has 2 aromatic rings. The molecule has 2 heterocycles. The molecule has 1 amide bonds. The molecule has 0 N–H and O–H groups in total. The Hall–Kier alpha value is -1.98. The zero-order valence-corrected chi connectivity index (χ0v) is 14.5. The van der Waals surface area contributed by atoms with Crippen molar-refractivity contribution in [1.29, 1.82) is 0 Å². The predicted octanol–water partition coefficient (Wildman–Crippen LogP) is 2.77. The van der Waals surface area contributed by atoms with Gasteiger partial charge in [0.2, 0.25) is 0 Å². The first kappa shape index (κ1) is 16.5. The van der Waals surface area contributed by atoms with Crippen molar-refractivity contribution in [3.63, 3.8) is 0 Å². The summed E-state index contributed by atoms with van der Waals surface area (Å²) in [4.78, 5) is 17.5. The molecule has 0 saturated carbocycles. The molecule has 5 heteroatoms. The highest BCUT2D eigenvalue weighted by atomic mass is 19.1. The van der Waals surface area contributed by atoms with Crippen molar-refractivity contribution in [1.82, 2.24) is 9.80 Å². The fourth-order valence-electron chi connectivity index (χ4n) is 4.12. The van der Waals surface area contributed by atoms with Crippen molar-refractivity contribution in [3.8, 4) is 0 Å². The van der Waals surface area contributed by atoms with Gasteiger partial charge < -0.3 is 9.64 Å². The minimum Gasteiger partial charge on any atom is -0.379 e. The lowest BCUT2D eigenvalue weighted by Gasteiger charge is -2.34. The van der Waals surface area contributed by atoms with Gasteiger partial charge in [0.15, 0.2) is 0 Å². The third-order valence-corrected chi connectivity index (χ3v) is 5.48. The number of fused-ring (bicyclic) bond motifs is 1. The molecule has 0 aliphatic carbocycles. The predicted molar refractivity (Wildman–Crippen MR) is 95.2 cm³/mol. The Morgan fingerprint density at radius 2 is 1.80 bits per heavy atom. The Bertz CT molecular complexity index is 788. The van der Waals surface area contributed by atoms with Crippen molar-refractivity contribution in [3.05, 3.63) is 47.8 Å². The van der Waals surface area contributed by atoms with E-state index in [9.17, 15) is 9.18 Å². The zero-order valence-electron chi connectivity index (χ0n) is 14.5. The van der Waals surface area contributed by atoms with Gasteiger partial charge in [0.05, 0.1) is 13.2 Å². The summed E-state index contributed by atoms with van der Waals surface area (Å²) in [7, 11) is 0. The summed E-state index contributed by atoms with van der Waals surface area (Å²) in [6, 6.07) is 10.6. The molecular formula is C20H23FN2O2. The highest BCUT2D eigenvalue weighted by molar-refractivity contribution is 6.07. The van der Waals surface area contributed by atoms with Gasteiger partial charge in [-0.2, -0.15) is 0 Å². The topological polar surface area (TPSA) is 32.8 Å². The molecule has 0 radical (unpaired) electrons. The average Bonchev–Trinajstić information content (AvgIpc) is 3.04. The van der Waals surface area contributed by atoms with Gasteiger partial charge in [-0.1, -0.05) is 31.2 Å². The monoisotopic (exact) mass is 342 g/mol. The molecule has 2 aromatic carbocycles. The van der Waals surface area contributed by atoms with Crippen LogP contribution in [0.1, 0.15) is 17.3 Å². The standard InChI is InChI=1S/C20H23FN2O2/c1-14-12-23(13-19(14)22-8-10-25-11-9-22)20(24)17-6-7-18(21)16-5-3-2-4-15(16)17/h2-7,14,19H,8-13H2,1H3/t14-,19+/m1/s1. The Morgan fingerprint density at radius 3 is 2.56 bits per heavy atom. The number of likely N-dealkylation sites (tertiary alicyclic amines) is 1. The van der Waals surface area contributed by atoms with Crippen LogP contribution in [0.15, 0.2) is 36.4 Å². The van der Waals surface area contributed by atoms with Crippen LogP contribution in [0.2, 0.25) is 0 Å². The second-order valence-corrected chi connectivity index (χ2v) is 7.04. The summed E-state index contributed by atoms with van der Waals surface area (Å²) in [6.07, 6.45) is 0. The van der Waals surface area contributed by atoms with E-state index in [-0.39, 0.29) is 11.7 Å². The van der Waals surface area contributed by atoms with E-state index < -0.39 is 0 Å². The van der Waals surface area contributed by atoms with Crippen LogP contribution in [0, 0.1) is 11.7 Å². The Labute approximate surface area is 147 Å². The van der Waals surface area contributed by atoms with Crippen LogP contribution in [0.5, 0.6) is 0 Å². The molecule has 0 spiro atoms. The number of amides is 1. The number of carbonyl (C=O) groups excluding carboxylic acids is 1. The maximum Gasteiger partial charge on any atom is 0.254 e. The fraction of sp³-hybridized carbons (Fsp3) is 0.450. The van der Waals surface area contributed by atoms with Crippen LogP contribution in [0.3, 0.4) is 0 Å². The molecule has 0 bridgehead atoms. The van der Waals surface area contributed by atoms with E-state index in [1.807, 2.05) is 17.0 Å². The van der Waals surface area contributed by atoms with Crippen LogP contribution < -0.4 is 0 Å². The number of nitrogens with zero attached hydrogens (tertiary/aromatic N) is 2. The summed E-state index contributed by atoms with van der Waals surface area (Å²) in [5, 5.41) is 1.19. The van der Waals surface area contributed by atoms with Crippen molar-refractivity contribution >= 4 is 16.7 Å². The molecule has 0 aromatic heterocycles. The summed E-state index contributed by atoms with van der Waals surface area (Å²) >= 11 is 0. The number of carbonyl (C=O) groups is 1. The first-order valence-electron chi connectivity index (χ1n) is 8.93. The van der Waals surface area contributed by atoms with Gasteiger partial charge in [-0.05, 0) is 23.4 Å². The van der Waals surface area contributed by atoms with E-state index in [0.717, 1.165) is 39.4 Å². The van der Waals surface area contributed by atoms with E-state index in [0.29, 0.717) is 28.3 Å². The number of ether oxygens (including phenoxy) is 1. The molecule has 0 unspecified atom stereocenters. The van der Waals surface area contributed by atoms with E-state index in [1.165, 1.54) is 6.07 Å². The van der Waals surface area contributed by atoms with E-state index in [4.69, 9.17) is 4.74 Å². The zero-order chi connectivity index (χ0) is 17.4. The van der Waals surface area contributed by atoms with Crippen LogP contribution in [0.4, 0.5) is 4.39 Å². The largest absolute Gasteiger partial charge is 0.379 e. The smallest absolute Gasteiger partial charge is 0.254 e. The number of hydrogen-bond donors (Lipinski definition) is 0. The molecule has 132 valence electrons. The summed E-state index contributed by atoms with van der Waals surface area (Å²) < 4.78 is 19.5. The molecule has 25 heavy (non-hydrogen) atoms. The molecule has 2 saturated heterocycles. The minimum atomic E-state index is -0.284. The van der Waals surface area contributed by atoms with Crippen LogP contribution in [-0.2, 0) is 4.74 Å². The van der Waals surface area contributed by atoms with Crippen LogP contribution >= 0.6 is 0 Å². The van der Waals surface area contributed by atoms with Crippen molar-refractivity contribution in [2.45, 2.75) is 13.0 Å². The SMILES string of the molecule is C[C@@H]1CN(C(=O)c2ccc(F)c3ccccc23)C[C@@H]1N1CCOCC1. The average molecular weight is 342 g/mol. The number of benzene rings is 2. The van der Waals surface area contributed by atoms with Crippen molar-refractivity contribution in [2.24, 2.45) is 5.92 Å². The van der Waals surface area contributed by atoms with Gasteiger partial charge in [0.25, 0.3) is 5.91 Å². The lowest BCUT2D eigenvalue weighted by molar-refractivity contribution is 0.0119. The molecule has 2 fully saturated rings. The second kappa shape index (κ2) is 6.73. The Morgan fingerprint density at radius 1 is 1.08 bits per heavy atom. The number of morpholine rings is 1. The number of rotatable bonds is 2. The molecule has 2 aliphatic rings. The number of halogens is 1. The quantitative estimate of drug-likeness (QED) is 0.841. The normalized spacial score (nSPS) is 24.8. The van der Waals surface area contributed by atoms with Crippen LogP contribution in [-0.4, -0.2) is 61.1 Å². The third-order valence-electron chi connectivity index (χ3n) is 5.48. The third kappa shape index (κ3) is 3.02. The van der Waals surface area contributed by atoms with Gasteiger partial charge in [-0.3, -0.25) is 9.69 Å². The van der Waals surface area contributed by atoms with E-state index >= 15 is 0 Å². The lowest BCUT2D eigenvalue weighted by atomic mass is 10.0. The molecule has 2 atom stereocenters. The van der Waals surface area contributed by atoms with Crippen LogP contribution in [0.25, 0.3) is 10.8 Å². The Kier molecular flexibility index (Phi) is 4.44.